The molecule has 1 heterocycles. The monoisotopic (exact) mass is 269 g/mol. The van der Waals surface area contributed by atoms with E-state index >= 15 is 0 Å². The Kier molecular flexibility index (Phi) is 3.64. The number of ether oxygens (including phenoxy) is 1. The summed E-state index contributed by atoms with van der Waals surface area (Å²) in [6.07, 6.45) is 0.695. The van der Waals surface area contributed by atoms with Crippen molar-refractivity contribution in [1.82, 2.24) is 9.55 Å². The first-order valence-corrected chi connectivity index (χ1v) is 5.70. The zero-order chi connectivity index (χ0) is 14.0. The fourth-order valence-electron chi connectivity index (χ4n) is 1.86. The fourth-order valence-corrected chi connectivity index (χ4v) is 1.86. The highest BCUT2D eigenvalue weighted by molar-refractivity contribution is 5.78. The highest BCUT2D eigenvalue weighted by Crippen LogP contribution is 2.21. The molecular formula is C12H13F2N3O2. The second-order valence-corrected chi connectivity index (χ2v) is 4.06. The quantitative estimate of drug-likeness (QED) is 0.860. The molecule has 2 aromatic rings. The Hall–Kier alpha value is -2.18. The molecule has 2 N–H and O–H groups in total. The minimum absolute atomic E-state index is 0.157. The summed E-state index contributed by atoms with van der Waals surface area (Å²) in [5.74, 6) is -2.10. The predicted octanol–water partition coefficient (Wildman–Crippen LogP) is 1.85. The number of aromatic nitrogens is 2. The van der Waals surface area contributed by atoms with Gasteiger partial charge in [-0.05, 0) is 6.42 Å². The number of carbonyl (C=O) groups is 1. The molecule has 102 valence electrons. The number of nitrogens with zero attached hydrogens (tertiary/aromatic N) is 2. The van der Waals surface area contributed by atoms with Gasteiger partial charge in [0.15, 0.2) is 11.6 Å². The molecule has 0 atom stereocenters. The van der Waals surface area contributed by atoms with Gasteiger partial charge >= 0.3 is 5.97 Å². The van der Waals surface area contributed by atoms with Crippen LogP contribution in [0.2, 0.25) is 0 Å². The Labute approximate surface area is 108 Å². The summed E-state index contributed by atoms with van der Waals surface area (Å²) in [5, 5.41) is 0. The summed E-state index contributed by atoms with van der Waals surface area (Å²) < 4.78 is 32.3. The minimum Gasteiger partial charge on any atom is -0.469 e. The van der Waals surface area contributed by atoms with E-state index in [-0.39, 0.29) is 23.9 Å². The number of anilines is 1. The molecular weight excluding hydrogens is 256 g/mol. The smallest absolute Gasteiger partial charge is 0.305 e. The summed E-state index contributed by atoms with van der Waals surface area (Å²) >= 11 is 0. The first-order valence-electron chi connectivity index (χ1n) is 5.70. The number of nitrogen functional groups attached to an aromatic ring is 1. The van der Waals surface area contributed by atoms with Crippen LogP contribution in [0.4, 0.5) is 14.7 Å². The van der Waals surface area contributed by atoms with Crippen molar-refractivity contribution in [2.45, 2.75) is 19.4 Å². The Morgan fingerprint density at radius 1 is 1.42 bits per heavy atom. The van der Waals surface area contributed by atoms with Crippen molar-refractivity contribution in [3.8, 4) is 0 Å². The van der Waals surface area contributed by atoms with Crippen molar-refractivity contribution < 1.29 is 18.3 Å². The van der Waals surface area contributed by atoms with Crippen LogP contribution in [-0.4, -0.2) is 22.6 Å². The van der Waals surface area contributed by atoms with E-state index in [4.69, 9.17) is 5.73 Å². The van der Waals surface area contributed by atoms with Gasteiger partial charge in [-0.15, -0.1) is 0 Å². The standard InChI is InChI=1S/C12H13F2N3O2/c1-19-11(18)3-2-4-17-10-6-8(14)7(13)5-9(10)16-12(17)15/h5-6H,2-4H2,1H3,(H2,15,16). The minimum atomic E-state index is -0.966. The number of nitrogens with two attached hydrogens (primary N) is 1. The number of aryl methyl sites for hydroxylation is 1. The maximum absolute atomic E-state index is 13.2. The molecule has 19 heavy (non-hydrogen) atoms. The zero-order valence-corrected chi connectivity index (χ0v) is 10.3. The SMILES string of the molecule is COC(=O)CCCn1c(N)nc2cc(F)c(F)cc21. The van der Waals surface area contributed by atoms with Gasteiger partial charge in [-0.1, -0.05) is 0 Å². The lowest BCUT2D eigenvalue weighted by Crippen LogP contribution is -2.07. The van der Waals surface area contributed by atoms with Gasteiger partial charge in [-0.25, -0.2) is 13.8 Å². The third-order valence-corrected chi connectivity index (χ3v) is 2.81. The van der Waals surface area contributed by atoms with Crippen LogP contribution < -0.4 is 5.73 Å². The van der Waals surface area contributed by atoms with Gasteiger partial charge in [0, 0.05) is 25.1 Å². The number of methoxy groups -OCH3 is 1. The summed E-state index contributed by atoms with van der Waals surface area (Å²) in [5.41, 5.74) is 6.38. The average Bonchev–Trinajstić information content (AvgIpc) is 2.66. The number of carbonyl (C=O) groups excluding carboxylic acids is 1. The molecule has 1 aromatic carbocycles. The molecule has 0 unspecified atom stereocenters. The second-order valence-electron chi connectivity index (χ2n) is 4.06. The molecule has 0 aliphatic carbocycles. The van der Waals surface area contributed by atoms with Gasteiger partial charge < -0.3 is 15.0 Å². The van der Waals surface area contributed by atoms with Crippen molar-refractivity contribution in [3.05, 3.63) is 23.8 Å². The largest absolute Gasteiger partial charge is 0.469 e. The molecule has 0 spiro atoms. The summed E-state index contributed by atoms with van der Waals surface area (Å²) in [4.78, 5) is 15.0. The number of rotatable bonds is 4. The topological polar surface area (TPSA) is 70.1 Å². The summed E-state index contributed by atoms with van der Waals surface area (Å²) in [6.45, 7) is 0.377. The van der Waals surface area contributed by atoms with Crippen molar-refractivity contribution in [1.29, 1.82) is 0 Å². The molecule has 0 aliphatic heterocycles. The lowest BCUT2D eigenvalue weighted by atomic mass is 10.2. The van der Waals surface area contributed by atoms with E-state index in [1.54, 1.807) is 4.57 Å². The first-order chi connectivity index (χ1) is 9.02. The van der Waals surface area contributed by atoms with Gasteiger partial charge in [-0.3, -0.25) is 4.79 Å². The number of hydrogen-bond donors (Lipinski definition) is 1. The van der Waals surface area contributed by atoms with Crippen LogP contribution in [0.15, 0.2) is 12.1 Å². The maximum Gasteiger partial charge on any atom is 0.305 e. The Bertz CT molecular complexity index is 625. The van der Waals surface area contributed by atoms with Crippen LogP contribution in [0.1, 0.15) is 12.8 Å². The highest BCUT2D eigenvalue weighted by atomic mass is 19.2. The molecule has 2 rings (SSSR count). The van der Waals surface area contributed by atoms with E-state index in [0.29, 0.717) is 18.5 Å². The van der Waals surface area contributed by atoms with E-state index in [1.807, 2.05) is 0 Å². The van der Waals surface area contributed by atoms with E-state index in [9.17, 15) is 13.6 Å². The van der Waals surface area contributed by atoms with E-state index < -0.39 is 11.6 Å². The normalized spacial score (nSPS) is 10.9. The predicted molar refractivity (Wildman–Crippen MR) is 65.3 cm³/mol. The average molecular weight is 269 g/mol. The van der Waals surface area contributed by atoms with Crippen LogP contribution in [0.5, 0.6) is 0 Å². The number of hydrogen-bond acceptors (Lipinski definition) is 4. The van der Waals surface area contributed by atoms with Crippen LogP contribution >= 0.6 is 0 Å². The highest BCUT2D eigenvalue weighted by Gasteiger charge is 2.12. The van der Waals surface area contributed by atoms with Crippen LogP contribution in [-0.2, 0) is 16.1 Å². The summed E-state index contributed by atoms with van der Waals surface area (Å²) in [6, 6.07) is 2.05. The van der Waals surface area contributed by atoms with Crippen molar-refractivity contribution in [3.63, 3.8) is 0 Å². The lowest BCUT2D eigenvalue weighted by Gasteiger charge is -2.05. The second kappa shape index (κ2) is 5.21. The van der Waals surface area contributed by atoms with Crippen molar-refractivity contribution >= 4 is 23.0 Å². The molecule has 0 saturated carbocycles. The third kappa shape index (κ3) is 2.64. The lowest BCUT2D eigenvalue weighted by molar-refractivity contribution is -0.140. The molecule has 0 fully saturated rings. The fraction of sp³-hybridized carbons (Fsp3) is 0.333. The van der Waals surface area contributed by atoms with Gasteiger partial charge in [0.25, 0.3) is 0 Å². The van der Waals surface area contributed by atoms with Crippen LogP contribution in [0.3, 0.4) is 0 Å². The zero-order valence-electron chi connectivity index (χ0n) is 10.3. The Morgan fingerprint density at radius 3 is 2.79 bits per heavy atom. The number of esters is 1. The van der Waals surface area contributed by atoms with E-state index in [0.717, 1.165) is 12.1 Å². The molecule has 0 saturated heterocycles. The van der Waals surface area contributed by atoms with Gasteiger partial charge in [-0.2, -0.15) is 0 Å². The number of halogens is 2. The number of imidazole rings is 1. The van der Waals surface area contributed by atoms with Gasteiger partial charge in [0.05, 0.1) is 18.1 Å². The third-order valence-electron chi connectivity index (χ3n) is 2.81. The van der Waals surface area contributed by atoms with Crippen LogP contribution in [0, 0.1) is 11.6 Å². The number of fused-ring (bicyclic) bond motifs is 1. The Morgan fingerprint density at radius 2 is 2.11 bits per heavy atom. The molecule has 0 bridgehead atoms. The van der Waals surface area contributed by atoms with Crippen molar-refractivity contribution in [2.75, 3.05) is 12.8 Å². The van der Waals surface area contributed by atoms with Gasteiger partial charge in [0.1, 0.15) is 0 Å². The molecule has 5 nitrogen and oxygen atoms in total. The molecule has 1 aromatic heterocycles. The Balaban J connectivity index is 2.25. The van der Waals surface area contributed by atoms with Gasteiger partial charge in [0.2, 0.25) is 5.95 Å². The first kappa shape index (κ1) is 13.3. The molecule has 7 heteroatoms. The molecule has 0 amide bonds. The van der Waals surface area contributed by atoms with E-state index in [1.165, 1.54) is 7.11 Å². The maximum atomic E-state index is 13.2. The number of benzene rings is 1. The molecule has 0 aliphatic rings. The van der Waals surface area contributed by atoms with Crippen molar-refractivity contribution in [2.24, 2.45) is 0 Å². The summed E-state index contributed by atoms with van der Waals surface area (Å²) in [7, 11) is 1.31. The van der Waals surface area contributed by atoms with Crippen LogP contribution in [0.25, 0.3) is 11.0 Å². The molecule has 0 radical (unpaired) electrons. The van der Waals surface area contributed by atoms with E-state index in [2.05, 4.69) is 9.72 Å².